The average molecular weight is 296 g/mol. The number of aromatic nitrogens is 1. The predicted molar refractivity (Wildman–Crippen MR) is 85.4 cm³/mol. The lowest BCUT2D eigenvalue weighted by molar-refractivity contribution is -0.115. The molecule has 5 nitrogen and oxygen atoms in total. The summed E-state index contributed by atoms with van der Waals surface area (Å²) in [5.41, 5.74) is 4.51. The molecule has 0 aliphatic carbocycles. The first-order valence-corrected chi connectivity index (χ1v) is 7.13. The number of amidine groups is 1. The van der Waals surface area contributed by atoms with Gasteiger partial charge in [0.2, 0.25) is 0 Å². The van der Waals surface area contributed by atoms with Crippen molar-refractivity contribution in [3.8, 4) is 0 Å². The number of nitrogens with zero attached hydrogens (tertiary/aromatic N) is 2. The molecule has 1 aliphatic heterocycles. The first kappa shape index (κ1) is 13.4. The van der Waals surface area contributed by atoms with Gasteiger partial charge >= 0.3 is 0 Å². The number of para-hydroxylation sites is 1. The molecule has 1 aromatic carbocycles. The highest BCUT2D eigenvalue weighted by atomic mass is 32.2. The fourth-order valence-corrected chi connectivity index (χ4v) is 2.47. The summed E-state index contributed by atoms with van der Waals surface area (Å²) < 4.78 is 0. The number of hydrogen-bond acceptors (Lipinski definition) is 5. The van der Waals surface area contributed by atoms with Gasteiger partial charge in [0.15, 0.2) is 5.17 Å². The molecule has 1 fully saturated rings. The largest absolute Gasteiger partial charge is 0.299 e. The minimum Gasteiger partial charge on any atom is -0.299 e. The number of amides is 1. The van der Waals surface area contributed by atoms with Crippen LogP contribution >= 0.6 is 11.8 Å². The summed E-state index contributed by atoms with van der Waals surface area (Å²) in [5.74, 6) is -0.167. The summed E-state index contributed by atoms with van der Waals surface area (Å²) in [6.45, 7) is 0. The summed E-state index contributed by atoms with van der Waals surface area (Å²) in [4.78, 5) is 16.6. The highest BCUT2D eigenvalue weighted by Crippen LogP contribution is 2.25. The van der Waals surface area contributed by atoms with E-state index in [4.69, 9.17) is 0 Å². The van der Waals surface area contributed by atoms with Crippen LogP contribution in [0.15, 0.2) is 64.7 Å². The van der Waals surface area contributed by atoms with Gasteiger partial charge in [-0.1, -0.05) is 24.3 Å². The van der Waals surface area contributed by atoms with Gasteiger partial charge in [0.1, 0.15) is 0 Å². The Labute approximate surface area is 126 Å². The average Bonchev–Trinajstić information content (AvgIpc) is 2.87. The highest BCUT2D eigenvalue weighted by molar-refractivity contribution is 8.18. The third-order valence-electron chi connectivity index (χ3n) is 2.68. The molecule has 21 heavy (non-hydrogen) atoms. The molecule has 1 aromatic heterocycles. The molecular formula is C15H12N4OS. The summed E-state index contributed by atoms with van der Waals surface area (Å²) in [7, 11) is 0. The Balaban J connectivity index is 1.71. The Kier molecular flexibility index (Phi) is 3.97. The summed E-state index contributed by atoms with van der Waals surface area (Å²) in [5, 5.41) is 7.40. The number of carbonyl (C=O) groups excluding carboxylic acids is 1. The van der Waals surface area contributed by atoms with Gasteiger partial charge in [0, 0.05) is 6.20 Å². The molecule has 3 rings (SSSR count). The van der Waals surface area contributed by atoms with Crippen LogP contribution in [0.25, 0.3) is 6.08 Å². The van der Waals surface area contributed by atoms with E-state index in [1.807, 2.05) is 48.5 Å². The standard InChI is InChI=1S/C15H12N4OS/c20-14-13(10-12-8-4-5-9-16-12)21-15(17-14)19-18-11-6-2-1-3-7-11/h1-10,18H,(H,17,19,20)/b13-10-. The number of carbonyl (C=O) groups is 1. The lowest BCUT2D eigenvalue weighted by Crippen LogP contribution is -2.20. The van der Waals surface area contributed by atoms with Crippen molar-refractivity contribution in [1.29, 1.82) is 0 Å². The number of anilines is 1. The molecule has 1 saturated heterocycles. The first-order chi connectivity index (χ1) is 10.3. The van der Waals surface area contributed by atoms with Crippen molar-refractivity contribution in [2.45, 2.75) is 0 Å². The summed E-state index contributed by atoms with van der Waals surface area (Å²) >= 11 is 1.28. The molecule has 0 atom stereocenters. The number of nitrogens with one attached hydrogen (secondary N) is 2. The third-order valence-corrected chi connectivity index (χ3v) is 3.59. The highest BCUT2D eigenvalue weighted by Gasteiger charge is 2.23. The van der Waals surface area contributed by atoms with Gasteiger partial charge in [0.25, 0.3) is 5.91 Å². The Morgan fingerprint density at radius 3 is 2.71 bits per heavy atom. The van der Waals surface area contributed by atoms with Crippen LogP contribution in [0.3, 0.4) is 0 Å². The van der Waals surface area contributed by atoms with Gasteiger partial charge in [-0.3, -0.25) is 20.5 Å². The SMILES string of the molecule is O=C1N/C(=N\Nc2ccccc2)S/C1=C\c1ccccn1. The van der Waals surface area contributed by atoms with E-state index in [9.17, 15) is 4.79 Å². The number of pyridine rings is 1. The van der Waals surface area contributed by atoms with Crippen molar-refractivity contribution in [1.82, 2.24) is 10.3 Å². The Hall–Kier alpha value is -2.60. The Morgan fingerprint density at radius 1 is 1.14 bits per heavy atom. The fraction of sp³-hybridized carbons (Fsp3) is 0. The van der Waals surface area contributed by atoms with E-state index < -0.39 is 0 Å². The summed E-state index contributed by atoms with van der Waals surface area (Å²) in [6, 6.07) is 15.1. The maximum atomic E-state index is 11.9. The second kappa shape index (κ2) is 6.23. The maximum Gasteiger partial charge on any atom is 0.264 e. The van der Waals surface area contributed by atoms with Crippen LogP contribution in [0.2, 0.25) is 0 Å². The predicted octanol–water partition coefficient (Wildman–Crippen LogP) is 2.67. The molecule has 0 saturated carbocycles. The van der Waals surface area contributed by atoms with E-state index in [-0.39, 0.29) is 5.91 Å². The van der Waals surface area contributed by atoms with Gasteiger partial charge in [0.05, 0.1) is 16.3 Å². The van der Waals surface area contributed by atoms with E-state index in [1.54, 1.807) is 12.3 Å². The second-order valence-corrected chi connectivity index (χ2v) is 5.24. The molecule has 2 N–H and O–H groups in total. The normalized spacial score (nSPS) is 18.0. The zero-order valence-corrected chi connectivity index (χ0v) is 11.8. The van der Waals surface area contributed by atoms with E-state index in [0.29, 0.717) is 10.1 Å². The van der Waals surface area contributed by atoms with Crippen molar-refractivity contribution >= 4 is 34.6 Å². The molecule has 6 heteroatoms. The Morgan fingerprint density at radius 2 is 1.95 bits per heavy atom. The minimum absolute atomic E-state index is 0.167. The van der Waals surface area contributed by atoms with Crippen LogP contribution < -0.4 is 10.7 Å². The maximum absolute atomic E-state index is 11.9. The smallest absolute Gasteiger partial charge is 0.264 e. The van der Waals surface area contributed by atoms with Crippen LogP contribution in [-0.4, -0.2) is 16.1 Å². The monoisotopic (exact) mass is 296 g/mol. The number of hydrogen-bond donors (Lipinski definition) is 2. The van der Waals surface area contributed by atoms with Gasteiger partial charge in [-0.05, 0) is 42.1 Å². The van der Waals surface area contributed by atoms with E-state index >= 15 is 0 Å². The molecule has 0 unspecified atom stereocenters. The lowest BCUT2D eigenvalue weighted by Gasteiger charge is -1.99. The number of benzene rings is 1. The molecule has 0 radical (unpaired) electrons. The van der Waals surface area contributed by atoms with E-state index in [1.165, 1.54) is 11.8 Å². The number of hydrazone groups is 1. The first-order valence-electron chi connectivity index (χ1n) is 6.32. The van der Waals surface area contributed by atoms with Crippen LogP contribution in [0.5, 0.6) is 0 Å². The van der Waals surface area contributed by atoms with Crippen LogP contribution in [0, 0.1) is 0 Å². The summed E-state index contributed by atoms with van der Waals surface area (Å²) in [6.07, 6.45) is 3.43. The number of thioether (sulfide) groups is 1. The molecule has 0 spiro atoms. The van der Waals surface area contributed by atoms with Crippen molar-refractivity contribution in [3.05, 3.63) is 65.3 Å². The van der Waals surface area contributed by atoms with Crippen molar-refractivity contribution in [2.75, 3.05) is 5.43 Å². The van der Waals surface area contributed by atoms with Crippen LogP contribution in [-0.2, 0) is 4.79 Å². The topological polar surface area (TPSA) is 66.4 Å². The molecule has 104 valence electrons. The van der Waals surface area contributed by atoms with Crippen LogP contribution in [0.1, 0.15) is 5.69 Å². The zero-order chi connectivity index (χ0) is 14.5. The molecule has 2 heterocycles. The quantitative estimate of drug-likeness (QED) is 0.675. The molecule has 1 amide bonds. The molecule has 2 aromatic rings. The second-order valence-electron chi connectivity index (χ2n) is 4.21. The fourth-order valence-electron chi connectivity index (χ4n) is 1.70. The van der Waals surface area contributed by atoms with Gasteiger partial charge in [-0.15, -0.1) is 5.10 Å². The van der Waals surface area contributed by atoms with Gasteiger partial charge < -0.3 is 0 Å². The zero-order valence-electron chi connectivity index (χ0n) is 11.0. The molecule has 0 bridgehead atoms. The van der Waals surface area contributed by atoms with Crippen molar-refractivity contribution < 1.29 is 4.79 Å². The van der Waals surface area contributed by atoms with E-state index in [0.717, 1.165) is 11.4 Å². The third kappa shape index (κ3) is 3.49. The van der Waals surface area contributed by atoms with Crippen LogP contribution in [0.4, 0.5) is 5.69 Å². The van der Waals surface area contributed by atoms with E-state index in [2.05, 4.69) is 20.8 Å². The van der Waals surface area contributed by atoms with Gasteiger partial charge in [-0.2, -0.15) is 0 Å². The molecule has 1 aliphatic rings. The lowest BCUT2D eigenvalue weighted by atomic mass is 10.3. The Bertz CT molecular complexity index is 698. The number of rotatable bonds is 3. The molecular weight excluding hydrogens is 284 g/mol. The van der Waals surface area contributed by atoms with Gasteiger partial charge in [-0.25, -0.2) is 0 Å². The van der Waals surface area contributed by atoms with Crippen molar-refractivity contribution in [3.63, 3.8) is 0 Å². The minimum atomic E-state index is -0.167. The van der Waals surface area contributed by atoms with Crippen molar-refractivity contribution in [2.24, 2.45) is 5.10 Å².